The second kappa shape index (κ2) is 10.7. The van der Waals surface area contributed by atoms with Crippen LogP contribution in [0.2, 0.25) is 0 Å². The summed E-state index contributed by atoms with van der Waals surface area (Å²) >= 11 is 0. The lowest BCUT2D eigenvalue weighted by atomic mass is 9.68. The molecule has 2 aromatic rings. The van der Waals surface area contributed by atoms with Gasteiger partial charge in [-0.05, 0) is 80.4 Å². The van der Waals surface area contributed by atoms with Crippen molar-refractivity contribution in [2.75, 3.05) is 0 Å². The zero-order valence-electron chi connectivity index (χ0n) is 19.6. The van der Waals surface area contributed by atoms with Gasteiger partial charge < -0.3 is 9.47 Å². The third-order valence-electron chi connectivity index (χ3n) is 7.69. The van der Waals surface area contributed by atoms with Gasteiger partial charge in [-0.2, -0.15) is 0 Å². The smallest absolute Gasteiger partial charge is 0.453 e. The molecule has 8 heteroatoms. The van der Waals surface area contributed by atoms with Crippen molar-refractivity contribution >= 4 is 0 Å². The first-order chi connectivity index (χ1) is 16.6. The molecule has 35 heavy (non-hydrogen) atoms. The summed E-state index contributed by atoms with van der Waals surface area (Å²) in [5, 5.41) is 0. The lowest BCUT2D eigenvalue weighted by Crippen LogP contribution is -2.25. The summed E-state index contributed by atoms with van der Waals surface area (Å²) in [6.45, 7) is 2.24. The molecular weight excluding hydrogens is 470 g/mol. The van der Waals surface area contributed by atoms with Crippen molar-refractivity contribution in [1.82, 2.24) is 0 Å². The number of hydrogen-bond donors (Lipinski definition) is 0. The van der Waals surface area contributed by atoms with Gasteiger partial charge in [0.1, 0.15) is 11.6 Å². The minimum Gasteiger partial charge on any atom is -0.453 e. The van der Waals surface area contributed by atoms with Gasteiger partial charge in [0.25, 0.3) is 0 Å². The molecule has 2 nitrogen and oxygen atoms in total. The van der Waals surface area contributed by atoms with E-state index in [1.54, 1.807) is 0 Å². The van der Waals surface area contributed by atoms with E-state index in [0.29, 0.717) is 30.7 Å². The Kier molecular flexibility index (Phi) is 7.86. The molecule has 2 aromatic carbocycles. The Morgan fingerprint density at radius 2 is 1.51 bits per heavy atom. The number of halogens is 6. The van der Waals surface area contributed by atoms with Crippen LogP contribution in [0.15, 0.2) is 24.3 Å². The Bertz CT molecular complexity index is 1010. The van der Waals surface area contributed by atoms with Gasteiger partial charge in [0, 0.05) is 17.7 Å². The van der Waals surface area contributed by atoms with Gasteiger partial charge in [0.15, 0.2) is 23.1 Å². The highest BCUT2D eigenvalue weighted by Gasteiger charge is 2.34. The number of hydrogen-bond acceptors (Lipinski definition) is 2. The van der Waals surface area contributed by atoms with Gasteiger partial charge >= 0.3 is 6.36 Å². The van der Waals surface area contributed by atoms with Crippen LogP contribution in [0.4, 0.5) is 26.3 Å². The average molecular weight is 500 g/mol. The van der Waals surface area contributed by atoms with Crippen molar-refractivity contribution < 1.29 is 35.8 Å². The normalized spacial score (nSPS) is 25.3. The second-order valence-electron chi connectivity index (χ2n) is 9.74. The highest BCUT2D eigenvalue weighted by Crippen LogP contribution is 2.46. The fraction of sp³-hybridized carbons (Fsp3) is 0.556. The summed E-state index contributed by atoms with van der Waals surface area (Å²) < 4.78 is 89.8. The molecule has 0 heterocycles. The van der Waals surface area contributed by atoms with Crippen molar-refractivity contribution in [2.45, 2.75) is 77.0 Å². The van der Waals surface area contributed by atoms with Crippen molar-refractivity contribution in [1.29, 1.82) is 0 Å². The molecule has 1 radical (unpaired) electrons. The lowest BCUT2D eigenvalue weighted by Gasteiger charge is -2.38. The van der Waals surface area contributed by atoms with Gasteiger partial charge in [-0.3, -0.25) is 0 Å². The third kappa shape index (κ3) is 6.25. The van der Waals surface area contributed by atoms with Crippen LogP contribution in [-0.2, 0) is 0 Å². The van der Waals surface area contributed by atoms with E-state index in [1.165, 1.54) is 32.1 Å². The maximum Gasteiger partial charge on any atom is 0.573 e. The Balaban J connectivity index is 1.43. The minimum atomic E-state index is -5.05. The van der Waals surface area contributed by atoms with Crippen LogP contribution in [-0.4, -0.2) is 6.36 Å². The fourth-order valence-corrected chi connectivity index (χ4v) is 5.76. The van der Waals surface area contributed by atoms with Crippen LogP contribution < -0.4 is 9.47 Å². The van der Waals surface area contributed by atoms with Gasteiger partial charge in [0.2, 0.25) is 0 Å². The van der Waals surface area contributed by atoms with Crippen molar-refractivity contribution in [2.24, 2.45) is 17.8 Å². The second-order valence-corrected chi connectivity index (χ2v) is 9.74. The predicted molar refractivity (Wildman–Crippen MR) is 119 cm³/mol. The van der Waals surface area contributed by atoms with Gasteiger partial charge in [0.05, 0.1) is 0 Å². The maximum absolute atomic E-state index is 15.3. The molecule has 2 aliphatic carbocycles. The van der Waals surface area contributed by atoms with E-state index in [9.17, 15) is 22.0 Å². The Morgan fingerprint density at radius 1 is 0.886 bits per heavy atom. The van der Waals surface area contributed by atoms with E-state index in [2.05, 4.69) is 17.7 Å². The monoisotopic (exact) mass is 499 g/mol. The lowest BCUT2D eigenvalue weighted by molar-refractivity contribution is -0.275. The molecule has 0 aliphatic heterocycles. The van der Waals surface area contributed by atoms with Crippen molar-refractivity contribution in [3.63, 3.8) is 0 Å². The molecule has 2 aliphatic rings. The standard InChI is InChI=1S/C27H29F6O2/c1-2-16-3-5-17(6-4-16)18-7-9-19(10-8-18)25-21(28)12-14-24(26(25)30)34-20-11-13-23(22(29)15-20)35-27(31,32)33/h11-13,15-19H,2-10H2,1H3/t16-,17-,18?,19?. The first-order valence-corrected chi connectivity index (χ1v) is 12.3. The molecule has 0 N–H and O–H groups in total. The quantitative estimate of drug-likeness (QED) is 0.369. The SMILES string of the molecule is CC[C@H]1CC[C@H](C2CCC(c3c(F)c[c]c(Oc4ccc(OC(F)(F)F)c(F)c4)c3F)CC2)CC1. The Hall–Kier alpha value is -2.38. The Morgan fingerprint density at radius 3 is 2.09 bits per heavy atom. The van der Waals surface area contributed by atoms with Gasteiger partial charge in [-0.1, -0.05) is 26.2 Å². The summed E-state index contributed by atoms with van der Waals surface area (Å²) in [5.41, 5.74) is -0.0654. The topological polar surface area (TPSA) is 18.5 Å². The molecular formula is C27H29F6O2. The number of rotatable bonds is 6. The van der Waals surface area contributed by atoms with E-state index in [4.69, 9.17) is 4.74 Å². The highest BCUT2D eigenvalue weighted by molar-refractivity contribution is 5.40. The molecule has 0 saturated heterocycles. The predicted octanol–water partition coefficient (Wildman–Crippen LogP) is 9.09. The summed E-state index contributed by atoms with van der Waals surface area (Å²) in [6.07, 6.45) is 4.37. The highest BCUT2D eigenvalue weighted by atomic mass is 19.4. The van der Waals surface area contributed by atoms with Gasteiger partial charge in [-0.15, -0.1) is 13.2 Å². The number of ether oxygens (including phenoxy) is 2. The zero-order valence-corrected chi connectivity index (χ0v) is 19.6. The molecule has 0 unspecified atom stereocenters. The molecule has 2 fully saturated rings. The van der Waals surface area contributed by atoms with Crippen LogP contribution in [0.25, 0.3) is 0 Å². The maximum atomic E-state index is 15.3. The average Bonchev–Trinajstić information content (AvgIpc) is 2.82. The summed E-state index contributed by atoms with van der Waals surface area (Å²) in [7, 11) is 0. The molecule has 191 valence electrons. The van der Waals surface area contributed by atoms with Crippen LogP contribution >= 0.6 is 0 Å². The molecule has 2 saturated carbocycles. The van der Waals surface area contributed by atoms with E-state index in [0.717, 1.165) is 37.0 Å². The fourth-order valence-electron chi connectivity index (χ4n) is 5.76. The molecule has 4 rings (SSSR count). The molecule has 0 aromatic heterocycles. The van der Waals surface area contributed by atoms with E-state index in [1.807, 2.05) is 0 Å². The van der Waals surface area contributed by atoms with E-state index < -0.39 is 35.3 Å². The van der Waals surface area contributed by atoms with Crippen molar-refractivity contribution in [3.8, 4) is 17.2 Å². The zero-order chi connectivity index (χ0) is 25.2. The third-order valence-corrected chi connectivity index (χ3v) is 7.69. The Labute approximate surface area is 201 Å². The van der Waals surface area contributed by atoms with Crippen molar-refractivity contribution in [3.05, 3.63) is 53.3 Å². The molecule has 0 amide bonds. The molecule has 0 bridgehead atoms. The van der Waals surface area contributed by atoms with Crippen LogP contribution in [0.5, 0.6) is 17.2 Å². The first kappa shape index (κ1) is 25.7. The largest absolute Gasteiger partial charge is 0.573 e. The first-order valence-electron chi connectivity index (χ1n) is 12.3. The summed E-state index contributed by atoms with van der Waals surface area (Å²) in [4.78, 5) is 0. The summed E-state index contributed by atoms with van der Waals surface area (Å²) in [5.74, 6) is -2.85. The van der Waals surface area contributed by atoms with E-state index >= 15 is 4.39 Å². The summed E-state index contributed by atoms with van der Waals surface area (Å²) in [6, 6.07) is 5.75. The van der Waals surface area contributed by atoms with Crippen LogP contribution in [0.3, 0.4) is 0 Å². The van der Waals surface area contributed by atoms with Crippen LogP contribution in [0.1, 0.15) is 76.2 Å². The van der Waals surface area contributed by atoms with Gasteiger partial charge in [-0.25, -0.2) is 13.2 Å². The number of alkyl halides is 3. The van der Waals surface area contributed by atoms with Crippen LogP contribution in [0, 0.1) is 41.3 Å². The minimum absolute atomic E-state index is 0.0654. The van der Waals surface area contributed by atoms with E-state index in [-0.39, 0.29) is 17.2 Å². The molecule has 0 spiro atoms. The molecule has 0 atom stereocenters. The number of benzene rings is 2.